The van der Waals surface area contributed by atoms with Crippen molar-refractivity contribution in [1.29, 1.82) is 0 Å². The van der Waals surface area contributed by atoms with Crippen LogP contribution in [0.3, 0.4) is 0 Å². The highest BCUT2D eigenvalue weighted by Gasteiger charge is 2.10. The minimum atomic E-state index is -0.251. The minimum Gasteiger partial charge on any atom is -0.332 e. The summed E-state index contributed by atoms with van der Waals surface area (Å²) in [6.07, 6.45) is 3.35. The van der Waals surface area contributed by atoms with Crippen LogP contribution < -0.4 is 10.6 Å². The van der Waals surface area contributed by atoms with Gasteiger partial charge in [0.1, 0.15) is 5.69 Å². The Bertz CT molecular complexity index is 1200. The smallest absolute Gasteiger partial charge is 0.275 e. The lowest BCUT2D eigenvalue weighted by atomic mass is 10.1. The summed E-state index contributed by atoms with van der Waals surface area (Å²) in [5.41, 5.74) is 4.50. The molecule has 0 saturated carbocycles. The van der Waals surface area contributed by atoms with E-state index in [-0.39, 0.29) is 11.8 Å². The summed E-state index contributed by atoms with van der Waals surface area (Å²) in [7, 11) is 0. The molecule has 2 N–H and O–H groups in total. The molecule has 0 spiro atoms. The number of benzene rings is 3. The molecular weight excluding hydrogens is 388 g/mol. The van der Waals surface area contributed by atoms with Crippen LogP contribution in [-0.2, 0) is 6.54 Å². The zero-order chi connectivity index (χ0) is 21.6. The first-order chi connectivity index (χ1) is 15.1. The van der Waals surface area contributed by atoms with Crippen molar-refractivity contribution in [3.05, 3.63) is 114 Å². The highest BCUT2D eigenvalue weighted by Crippen LogP contribution is 2.14. The van der Waals surface area contributed by atoms with Crippen molar-refractivity contribution in [2.24, 2.45) is 0 Å². The number of nitrogens with zero attached hydrogens (tertiary/aromatic N) is 2. The second-order valence-corrected chi connectivity index (χ2v) is 7.27. The zero-order valence-corrected chi connectivity index (χ0v) is 17.1. The van der Waals surface area contributed by atoms with E-state index in [1.54, 1.807) is 18.6 Å². The van der Waals surface area contributed by atoms with Crippen molar-refractivity contribution in [3.63, 3.8) is 0 Å². The van der Waals surface area contributed by atoms with Crippen LogP contribution in [0.2, 0.25) is 0 Å². The van der Waals surface area contributed by atoms with Crippen molar-refractivity contribution in [2.45, 2.75) is 13.5 Å². The van der Waals surface area contributed by atoms with Crippen molar-refractivity contribution in [1.82, 2.24) is 9.55 Å². The number of rotatable bonds is 6. The van der Waals surface area contributed by atoms with E-state index >= 15 is 0 Å². The van der Waals surface area contributed by atoms with Gasteiger partial charge in [-0.05, 0) is 48.9 Å². The fourth-order valence-corrected chi connectivity index (χ4v) is 3.17. The van der Waals surface area contributed by atoms with Crippen LogP contribution in [0, 0.1) is 6.92 Å². The number of para-hydroxylation sites is 1. The van der Waals surface area contributed by atoms with Crippen molar-refractivity contribution in [3.8, 4) is 0 Å². The maximum atomic E-state index is 12.4. The molecule has 6 nitrogen and oxygen atoms in total. The number of carbonyl (C=O) groups excluding carboxylic acids is 2. The molecule has 1 aromatic heterocycles. The van der Waals surface area contributed by atoms with Crippen LogP contribution in [0.1, 0.15) is 32.0 Å². The Kier molecular flexibility index (Phi) is 5.89. The predicted molar refractivity (Wildman–Crippen MR) is 121 cm³/mol. The molecule has 1 heterocycles. The first-order valence-corrected chi connectivity index (χ1v) is 9.92. The van der Waals surface area contributed by atoms with Gasteiger partial charge in [0.15, 0.2) is 0 Å². The molecule has 31 heavy (non-hydrogen) atoms. The fourth-order valence-electron chi connectivity index (χ4n) is 3.17. The number of hydrogen-bond acceptors (Lipinski definition) is 3. The number of aromatic nitrogens is 2. The average Bonchev–Trinajstić information content (AvgIpc) is 3.24. The number of hydrogen-bond donors (Lipinski definition) is 2. The third kappa shape index (κ3) is 5.25. The van der Waals surface area contributed by atoms with Crippen LogP contribution in [0.4, 0.5) is 11.4 Å². The van der Waals surface area contributed by atoms with Gasteiger partial charge in [0.05, 0.1) is 6.33 Å². The number of amides is 2. The molecule has 154 valence electrons. The quantitative estimate of drug-likeness (QED) is 0.482. The molecule has 0 atom stereocenters. The molecule has 0 aliphatic rings. The van der Waals surface area contributed by atoms with E-state index in [9.17, 15) is 9.59 Å². The SMILES string of the molecule is Cc1cccc(C(=O)Nc2ccc(Cn3cnc(C(=O)Nc4ccccc4)c3)cc2)c1. The van der Waals surface area contributed by atoms with E-state index in [1.165, 1.54) is 0 Å². The molecule has 0 aliphatic carbocycles. The Balaban J connectivity index is 1.36. The summed E-state index contributed by atoms with van der Waals surface area (Å²) in [6, 6.07) is 24.4. The lowest BCUT2D eigenvalue weighted by molar-refractivity contribution is 0.101. The molecule has 0 unspecified atom stereocenters. The molecule has 4 rings (SSSR count). The summed E-state index contributed by atoms with van der Waals surface area (Å²) in [5, 5.41) is 5.73. The number of nitrogens with one attached hydrogen (secondary N) is 2. The van der Waals surface area contributed by atoms with Gasteiger partial charge >= 0.3 is 0 Å². The van der Waals surface area contributed by atoms with Gasteiger partial charge in [0.2, 0.25) is 0 Å². The third-order valence-electron chi connectivity index (χ3n) is 4.75. The first-order valence-electron chi connectivity index (χ1n) is 9.92. The molecule has 0 radical (unpaired) electrons. The van der Waals surface area contributed by atoms with E-state index in [1.807, 2.05) is 84.3 Å². The Morgan fingerprint density at radius 1 is 0.839 bits per heavy atom. The Morgan fingerprint density at radius 2 is 1.55 bits per heavy atom. The topological polar surface area (TPSA) is 76.0 Å². The molecule has 3 aromatic carbocycles. The van der Waals surface area contributed by atoms with Gasteiger partial charge in [0.25, 0.3) is 11.8 Å². The van der Waals surface area contributed by atoms with Gasteiger partial charge in [-0.2, -0.15) is 0 Å². The predicted octanol–water partition coefficient (Wildman–Crippen LogP) is 4.74. The van der Waals surface area contributed by atoms with E-state index in [0.717, 1.165) is 22.5 Å². The van der Waals surface area contributed by atoms with Crippen molar-refractivity contribution >= 4 is 23.2 Å². The van der Waals surface area contributed by atoms with E-state index in [2.05, 4.69) is 15.6 Å². The van der Waals surface area contributed by atoms with Gasteiger partial charge in [0, 0.05) is 29.7 Å². The van der Waals surface area contributed by atoms with Crippen molar-refractivity contribution < 1.29 is 9.59 Å². The summed E-state index contributed by atoms with van der Waals surface area (Å²) in [6.45, 7) is 2.52. The van der Waals surface area contributed by atoms with Crippen LogP contribution >= 0.6 is 0 Å². The van der Waals surface area contributed by atoms with E-state index in [4.69, 9.17) is 0 Å². The van der Waals surface area contributed by atoms with Crippen LogP contribution in [-0.4, -0.2) is 21.4 Å². The summed E-state index contributed by atoms with van der Waals surface area (Å²) in [5.74, 6) is -0.390. The maximum absolute atomic E-state index is 12.4. The van der Waals surface area contributed by atoms with E-state index in [0.29, 0.717) is 17.8 Å². The number of anilines is 2. The van der Waals surface area contributed by atoms with Gasteiger partial charge in [-0.15, -0.1) is 0 Å². The third-order valence-corrected chi connectivity index (χ3v) is 4.75. The normalized spacial score (nSPS) is 10.5. The summed E-state index contributed by atoms with van der Waals surface area (Å²) >= 11 is 0. The second kappa shape index (κ2) is 9.09. The number of imidazole rings is 1. The highest BCUT2D eigenvalue weighted by molar-refractivity contribution is 6.04. The Labute approximate surface area is 180 Å². The number of carbonyl (C=O) groups is 2. The van der Waals surface area contributed by atoms with Gasteiger partial charge in [-0.3, -0.25) is 9.59 Å². The molecule has 0 fully saturated rings. The molecule has 2 amide bonds. The molecule has 0 bridgehead atoms. The average molecular weight is 410 g/mol. The summed E-state index contributed by atoms with van der Waals surface area (Å²) < 4.78 is 1.85. The minimum absolute atomic E-state index is 0.139. The van der Waals surface area contributed by atoms with Crippen LogP contribution in [0.15, 0.2) is 91.4 Å². The van der Waals surface area contributed by atoms with Gasteiger partial charge in [-0.25, -0.2) is 4.98 Å². The molecule has 0 saturated heterocycles. The highest BCUT2D eigenvalue weighted by atomic mass is 16.2. The standard InChI is InChI=1S/C25H22N4O2/c1-18-6-5-7-20(14-18)24(30)27-22-12-10-19(11-13-22)15-29-16-23(26-17-29)25(31)28-21-8-3-2-4-9-21/h2-14,16-17H,15H2,1H3,(H,27,30)(H,28,31). The first kappa shape index (κ1) is 20.1. The molecule has 4 aromatic rings. The molecule has 0 aliphatic heterocycles. The van der Waals surface area contributed by atoms with E-state index < -0.39 is 0 Å². The van der Waals surface area contributed by atoms with Crippen LogP contribution in [0.5, 0.6) is 0 Å². The maximum Gasteiger partial charge on any atom is 0.275 e. The monoisotopic (exact) mass is 410 g/mol. The summed E-state index contributed by atoms with van der Waals surface area (Å²) in [4.78, 5) is 28.9. The zero-order valence-electron chi connectivity index (χ0n) is 17.1. The van der Waals surface area contributed by atoms with Gasteiger partial charge in [-0.1, -0.05) is 48.0 Å². The molecular formula is C25H22N4O2. The number of aryl methyl sites for hydroxylation is 1. The largest absolute Gasteiger partial charge is 0.332 e. The van der Waals surface area contributed by atoms with Gasteiger partial charge < -0.3 is 15.2 Å². The van der Waals surface area contributed by atoms with Crippen molar-refractivity contribution in [2.75, 3.05) is 10.6 Å². The van der Waals surface area contributed by atoms with Crippen LogP contribution in [0.25, 0.3) is 0 Å². The second-order valence-electron chi connectivity index (χ2n) is 7.27. The lowest BCUT2D eigenvalue weighted by Crippen LogP contribution is -2.12. The lowest BCUT2D eigenvalue weighted by Gasteiger charge is -2.08. The Morgan fingerprint density at radius 3 is 2.29 bits per heavy atom. The molecule has 6 heteroatoms. The fraction of sp³-hybridized carbons (Fsp3) is 0.0800. The Hall–Kier alpha value is -4.19.